The summed E-state index contributed by atoms with van der Waals surface area (Å²) in [5.41, 5.74) is 0. The number of hydrogen-bond acceptors (Lipinski definition) is 2. The van der Waals surface area contributed by atoms with Gasteiger partial charge in [0.1, 0.15) is 12.3 Å². The van der Waals surface area contributed by atoms with Gasteiger partial charge in [0, 0.05) is 12.3 Å². The van der Waals surface area contributed by atoms with E-state index in [0.717, 1.165) is 0 Å². The summed E-state index contributed by atoms with van der Waals surface area (Å²) in [6.45, 7) is 2.15. The van der Waals surface area contributed by atoms with Gasteiger partial charge in [-0.1, -0.05) is 0 Å². The summed E-state index contributed by atoms with van der Waals surface area (Å²) in [6, 6.07) is 0. The van der Waals surface area contributed by atoms with Crippen LogP contribution in [0.3, 0.4) is 0 Å². The number of halogens is 2. The average molecular weight is 191 g/mol. The lowest BCUT2D eigenvalue weighted by molar-refractivity contribution is 0.126. The second-order valence-electron chi connectivity index (χ2n) is 3.40. The molecule has 1 fully saturated rings. The summed E-state index contributed by atoms with van der Waals surface area (Å²) in [6.07, 6.45) is -1.78. The van der Waals surface area contributed by atoms with E-state index in [1.165, 1.54) is 0 Å². The van der Waals surface area contributed by atoms with Crippen molar-refractivity contribution in [2.24, 2.45) is 5.92 Å². The Morgan fingerprint density at radius 2 is 1.85 bits per heavy atom. The van der Waals surface area contributed by atoms with E-state index in [1.807, 2.05) is 0 Å². The molecule has 4 heteroatoms. The first kappa shape index (κ1) is 10.4. The van der Waals surface area contributed by atoms with Crippen molar-refractivity contribution in [3.05, 3.63) is 0 Å². The van der Waals surface area contributed by atoms with E-state index in [2.05, 4.69) is 0 Å². The second kappa shape index (κ2) is 4.53. The van der Waals surface area contributed by atoms with Gasteiger partial charge in [-0.25, -0.2) is 8.78 Å². The van der Waals surface area contributed by atoms with Gasteiger partial charge in [-0.05, 0) is 19.8 Å². The van der Waals surface area contributed by atoms with Gasteiger partial charge >= 0.3 is 0 Å². The van der Waals surface area contributed by atoms with Crippen LogP contribution in [0.1, 0.15) is 26.2 Å². The Morgan fingerprint density at radius 1 is 1.31 bits per heavy atom. The van der Waals surface area contributed by atoms with E-state index >= 15 is 0 Å². The van der Waals surface area contributed by atoms with Crippen molar-refractivity contribution in [3.8, 4) is 0 Å². The van der Waals surface area contributed by atoms with Crippen LogP contribution < -0.4 is 0 Å². The van der Waals surface area contributed by atoms with Gasteiger partial charge in [-0.3, -0.25) is 5.41 Å². The van der Waals surface area contributed by atoms with Gasteiger partial charge in [0.25, 0.3) is 0 Å². The summed E-state index contributed by atoms with van der Waals surface area (Å²) in [5.74, 6) is -0.328. The van der Waals surface area contributed by atoms with Gasteiger partial charge < -0.3 is 4.74 Å². The lowest BCUT2D eigenvalue weighted by atomic mass is 9.86. The van der Waals surface area contributed by atoms with Crippen LogP contribution in [0.5, 0.6) is 0 Å². The molecular formula is C9H15F2NO. The third kappa shape index (κ3) is 2.94. The molecule has 0 aromatic carbocycles. The van der Waals surface area contributed by atoms with Crippen molar-refractivity contribution >= 4 is 5.90 Å². The van der Waals surface area contributed by atoms with Gasteiger partial charge in [-0.15, -0.1) is 0 Å². The van der Waals surface area contributed by atoms with E-state index in [9.17, 15) is 8.78 Å². The summed E-state index contributed by atoms with van der Waals surface area (Å²) in [7, 11) is 0. The molecule has 1 rings (SSSR count). The molecule has 0 amide bonds. The van der Waals surface area contributed by atoms with Gasteiger partial charge in [0.05, 0.1) is 6.61 Å². The molecule has 1 saturated carbocycles. The van der Waals surface area contributed by atoms with Crippen LogP contribution in [0, 0.1) is 11.3 Å². The van der Waals surface area contributed by atoms with E-state index in [0.29, 0.717) is 6.61 Å². The highest BCUT2D eigenvalue weighted by Crippen LogP contribution is 2.29. The van der Waals surface area contributed by atoms with Crippen LogP contribution in [-0.4, -0.2) is 24.8 Å². The molecule has 0 bridgehead atoms. The largest absolute Gasteiger partial charge is 0.481 e. The molecular weight excluding hydrogens is 176 g/mol. The van der Waals surface area contributed by atoms with Crippen molar-refractivity contribution in [1.82, 2.24) is 0 Å². The Hall–Kier alpha value is -0.670. The van der Waals surface area contributed by atoms with Crippen LogP contribution in [-0.2, 0) is 4.74 Å². The fraction of sp³-hybridized carbons (Fsp3) is 0.889. The molecule has 1 N–H and O–H groups in total. The molecule has 0 aromatic rings. The molecule has 2 unspecified atom stereocenters. The Morgan fingerprint density at radius 3 is 2.31 bits per heavy atom. The van der Waals surface area contributed by atoms with Crippen molar-refractivity contribution in [2.75, 3.05) is 6.61 Å². The van der Waals surface area contributed by atoms with Crippen molar-refractivity contribution in [2.45, 2.75) is 38.5 Å². The molecule has 1 aliphatic rings. The van der Waals surface area contributed by atoms with Crippen molar-refractivity contribution in [3.63, 3.8) is 0 Å². The van der Waals surface area contributed by atoms with Gasteiger partial charge in [0.2, 0.25) is 0 Å². The molecule has 0 aromatic heterocycles. The molecule has 1 aliphatic carbocycles. The molecule has 0 spiro atoms. The molecule has 0 aliphatic heterocycles. The normalized spacial score (nSPS) is 34.2. The molecule has 0 saturated heterocycles. The van der Waals surface area contributed by atoms with Crippen LogP contribution in [0.15, 0.2) is 0 Å². The molecule has 0 heterocycles. The fourth-order valence-corrected chi connectivity index (χ4v) is 1.67. The van der Waals surface area contributed by atoms with Gasteiger partial charge in [-0.2, -0.15) is 0 Å². The predicted octanol–water partition coefficient (Wildman–Crippen LogP) is 2.48. The summed E-state index contributed by atoms with van der Waals surface area (Å²) in [5, 5.41) is 7.41. The zero-order chi connectivity index (χ0) is 9.84. The van der Waals surface area contributed by atoms with Crippen LogP contribution in [0.2, 0.25) is 0 Å². The van der Waals surface area contributed by atoms with E-state index in [1.54, 1.807) is 6.92 Å². The Bertz CT molecular complexity index is 176. The highest BCUT2D eigenvalue weighted by Gasteiger charge is 2.31. The molecule has 2 nitrogen and oxygen atoms in total. The minimum Gasteiger partial charge on any atom is -0.481 e. The van der Waals surface area contributed by atoms with E-state index in [-0.39, 0.29) is 31.1 Å². The third-order valence-corrected chi connectivity index (χ3v) is 2.26. The topological polar surface area (TPSA) is 33.1 Å². The van der Waals surface area contributed by atoms with E-state index in [4.69, 9.17) is 10.1 Å². The monoisotopic (exact) mass is 191 g/mol. The predicted molar refractivity (Wildman–Crippen MR) is 46.5 cm³/mol. The number of rotatable bonds is 2. The maximum Gasteiger partial charge on any atom is 0.183 e. The van der Waals surface area contributed by atoms with E-state index < -0.39 is 12.3 Å². The summed E-state index contributed by atoms with van der Waals surface area (Å²) < 4.78 is 30.7. The first-order valence-electron chi connectivity index (χ1n) is 4.62. The number of alkyl halides is 2. The number of nitrogens with one attached hydrogen (secondary N) is 1. The van der Waals surface area contributed by atoms with Crippen LogP contribution in [0.25, 0.3) is 0 Å². The fourth-order valence-electron chi connectivity index (χ4n) is 1.67. The highest BCUT2D eigenvalue weighted by molar-refractivity contribution is 5.75. The highest BCUT2D eigenvalue weighted by atomic mass is 19.1. The van der Waals surface area contributed by atoms with Crippen LogP contribution in [0.4, 0.5) is 8.78 Å². The van der Waals surface area contributed by atoms with Crippen LogP contribution >= 0.6 is 0 Å². The second-order valence-corrected chi connectivity index (χ2v) is 3.40. The zero-order valence-electron chi connectivity index (χ0n) is 7.72. The number of ether oxygens (including phenoxy) is 1. The van der Waals surface area contributed by atoms with Crippen molar-refractivity contribution in [1.29, 1.82) is 5.41 Å². The van der Waals surface area contributed by atoms with Gasteiger partial charge in [0.15, 0.2) is 5.90 Å². The maximum atomic E-state index is 12.9. The standard InChI is InChI=1S/C9H15F2NO/c1-2-13-9(12)6-3-7(10)5-8(11)4-6/h6-8,12H,2-5H2,1H3. The summed E-state index contributed by atoms with van der Waals surface area (Å²) >= 11 is 0. The smallest absolute Gasteiger partial charge is 0.183 e. The Balaban J connectivity index is 2.45. The molecule has 2 atom stereocenters. The number of hydrogen-bond donors (Lipinski definition) is 1. The molecule has 13 heavy (non-hydrogen) atoms. The first-order chi connectivity index (χ1) is 6.13. The zero-order valence-corrected chi connectivity index (χ0v) is 7.72. The Labute approximate surface area is 76.8 Å². The summed E-state index contributed by atoms with van der Waals surface area (Å²) in [4.78, 5) is 0. The Kier molecular flexibility index (Phi) is 3.63. The quantitative estimate of drug-likeness (QED) is 0.528. The average Bonchev–Trinajstić information content (AvgIpc) is 2.03. The third-order valence-electron chi connectivity index (χ3n) is 2.26. The molecule has 76 valence electrons. The lowest BCUT2D eigenvalue weighted by Crippen LogP contribution is -2.30. The molecule has 0 radical (unpaired) electrons. The maximum absolute atomic E-state index is 12.9. The minimum absolute atomic E-state index is 0.0180. The SMILES string of the molecule is CCOC(=N)C1CC(F)CC(F)C1. The van der Waals surface area contributed by atoms with Crippen molar-refractivity contribution < 1.29 is 13.5 Å². The minimum atomic E-state index is -1.12. The lowest BCUT2D eigenvalue weighted by Gasteiger charge is -2.27. The first-order valence-corrected chi connectivity index (χ1v) is 4.62.